The molecule has 2 atom stereocenters. The second kappa shape index (κ2) is 5.18. The van der Waals surface area contributed by atoms with Crippen LogP contribution in [-0.2, 0) is 9.47 Å². The molecule has 1 aliphatic rings. The van der Waals surface area contributed by atoms with Crippen LogP contribution in [0.3, 0.4) is 0 Å². The van der Waals surface area contributed by atoms with E-state index in [4.69, 9.17) is 9.47 Å². The summed E-state index contributed by atoms with van der Waals surface area (Å²) in [6.45, 7) is 3.90. The van der Waals surface area contributed by atoms with Gasteiger partial charge in [0, 0.05) is 12.0 Å². The fourth-order valence-corrected chi connectivity index (χ4v) is 1.97. The summed E-state index contributed by atoms with van der Waals surface area (Å²) in [6.07, 6.45) is -1.22. The zero-order valence-corrected chi connectivity index (χ0v) is 10.6. The smallest absolute Gasteiger partial charge is 0.165 e. The van der Waals surface area contributed by atoms with E-state index in [9.17, 15) is 9.90 Å². The van der Waals surface area contributed by atoms with Crippen LogP contribution < -0.4 is 0 Å². The van der Waals surface area contributed by atoms with E-state index in [1.807, 2.05) is 6.07 Å². The van der Waals surface area contributed by atoms with Gasteiger partial charge >= 0.3 is 0 Å². The Kier molecular flexibility index (Phi) is 3.80. The number of aliphatic hydroxyl groups is 1. The first-order valence-corrected chi connectivity index (χ1v) is 6.06. The lowest BCUT2D eigenvalue weighted by molar-refractivity contribution is -0.150. The largest absolute Gasteiger partial charge is 0.390 e. The zero-order valence-electron chi connectivity index (χ0n) is 10.6. The molecule has 1 saturated heterocycles. The summed E-state index contributed by atoms with van der Waals surface area (Å²) in [5, 5.41) is 9.99. The van der Waals surface area contributed by atoms with Crippen molar-refractivity contribution in [2.24, 2.45) is 0 Å². The van der Waals surface area contributed by atoms with Gasteiger partial charge in [-0.1, -0.05) is 30.3 Å². The molecule has 0 spiro atoms. The number of hydrogen-bond acceptors (Lipinski definition) is 4. The maximum atomic E-state index is 11.9. The van der Waals surface area contributed by atoms with E-state index in [0.717, 1.165) is 0 Å². The lowest BCUT2D eigenvalue weighted by Gasteiger charge is -2.20. The van der Waals surface area contributed by atoms with Gasteiger partial charge < -0.3 is 14.6 Å². The third kappa shape index (κ3) is 3.16. The van der Waals surface area contributed by atoms with Crippen molar-refractivity contribution in [2.75, 3.05) is 6.61 Å². The molecule has 1 fully saturated rings. The van der Waals surface area contributed by atoms with Gasteiger partial charge in [-0.3, -0.25) is 4.79 Å². The highest BCUT2D eigenvalue weighted by molar-refractivity contribution is 5.96. The molecular formula is C14H18O4. The third-order valence-electron chi connectivity index (χ3n) is 2.95. The minimum Gasteiger partial charge on any atom is -0.390 e. The number of benzene rings is 1. The number of Topliss-reactive ketones (excluding diaryl/α,β-unsaturated/α-hetero) is 1. The van der Waals surface area contributed by atoms with Crippen LogP contribution in [0.25, 0.3) is 0 Å². The van der Waals surface area contributed by atoms with Crippen molar-refractivity contribution in [1.82, 2.24) is 0 Å². The van der Waals surface area contributed by atoms with Crippen LogP contribution in [0, 0.1) is 0 Å². The summed E-state index contributed by atoms with van der Waals surface area (Å²) in [5.74, 6) is -0.766. The molecule has 98 valence electrons. The fourth-order valence-electron chi connectivity index (χ4n) is 1.97. The van der Waals surface area contributed by atoms with E-state index in [1.54, 1.807) is 38.1 Å². The van der Waals surface area contributed by atoms with Gasteiger partial charge in [-0.25, -0.2) is 0 Å². The average molecular weight is 250 g/mol. The lowest BCUT2D eigenvalue weighted by Crippen LogP contribution is -2.32. The first-order chi connectivity index (χ1) is 8.48. The van der Waals surface area contributed by atoms with Crippen LogP contribution in [0.2, 0.25) is 0 Å². The highest BCUT2D eigenvalue weighted by Crippen LogP contribution is 2.25. The Morgan fingerprint density at radius 2 is 2.11 bits per heavy atom. The Labute approximate surface area is 107 Å². The zero-order chi connectivity index (χ0) is 13.2. The fraction of sp³-hybridized carbons (Fsp3) is 0.500. The number of ether oxygens (including phenoxy) is 2. The Bertz CT molecular complexity index is 413. The van der Waals surface area contributed by atoms with Gasteiger partial charge in [0.15, 0.2) is 11.6 Å². The molecule has 4 nitrogen and oxygen atoms in total. The van der Waals surface area contributed by atoms with E-state index in [2.05, 4.69) is 0 Å². The van der Waals surface area contributed by atoms with E-state index < -0.39 is 18.0 Å². The quantitative estimate of drug-likeness (QED) is 0.827. The number of ketones is 1. The van der Waals surface area contributed by atoms with Crippen molar-refractivity contribution in [3.8, 4) is 0 Å². The monoisotopic (exact) mass is 250 g/mol. The first kappa shape index (κ1) is 13.2. The standard InChI is InChI=1S/C14H18O4/c1-14(2)17-9-13(18-14)12(16)8-11(15)10-6-4-3-5-7-10/h3-7,12-13,16H,8-9H2,1-2H3/t12-,13+/m0/s1. The Morgan fingerprint density at radius 1 is 1.44 bits per heavy atom. The number of rotatable bonds is 4. The van der Waals surface area contributed by atoms with Gasteiger partial charge in [-0.2, -0.15) is 0 Å². The van der Waals surface area contributed by atoms with Crippen LogP contribution in [0.15, 0.2) is 30.3 Å². The summed E-state index contributed by atoms with van der Waals surface area (Å²) >= 11 is 0. The minimum absolute atomic E-state index is 0.0497. The summed E-state index contributed by atoms with van der Waals surface area (Å²) in [4.78, 5) is 11.9. The second-order valence-corrected chi connectivity index (χ2v) is 4.93. The summed E-state index contributed by atoms with van der Waals surface area (Å²) in [7, 11) is 0. The molecule has 1 aromatic rings. The molecule has 0 unspecified atom stereocenters. The molecule has 0 aromatic heterocycles. The topological polar surface area (TPSA) is 55.8 Å². The maximum absolute atomic E-state index is 11.9. The first-order valence-electron chi connectivity index (χ1n) is 6.06. The molecule has 0 saturated carbocycles. The van der Waals surface area contributed by atoms with Gasteiger partial charge in [-0.05, 0) is 13.8 Å². The normalized spacial score (nSPS) is 23.8. The van der Waals surface area contributed by atoms with Crippen molar-refractivity contribution in [2.45, 2.75) is 38.3 Å². The predicted molar refractivity (Wildman–Crippen MR) is 66.3 cm³/mol. The molecule has 1 heterocycles. The van der Waals surface area contributed by atoms with E-state index >= 15 is 0 Å². The molecule has 1 aromatic carbocycles. The number of carbonyl (C=O) groups is 1. The van der Waals surface area contributed by atoms with E-state index in [0.29, 0.717) is 12.2 Å². The van der Waals surface area contributed by atoms with Gasteiger partial charge in [0.1, 0.15) is 6.10 Å². The van der Waals surface area contributed by atoms with Crippen molar-refractivity contribution in [1.29, 1.82) is 0 Å². The number of aliphatic hydroxyl groups excluding tert-OH is 1. The van der Waals surface area contributed by atoms with Gasteiger partial charge in [0.25, 0.3) is 0 Å². The summed E-state index contributed by atoms with van der Waals surface area (Å²) in [5.41, 5.74) is 0.606. The molecule has 4 heteroatoms. The van der Waals surface area contributed by atoms with Gasteiger partial charge in [-0.15, -0.1) is 0 Å². The van der Waals surface area contributed by atoms with Gasteiger partial charge in [0.2, 0.25) is 0 Å². The number of carbonyl (C=O) groups excluding carboxylic acids is 1. The van der Waals surface area contributed by atoms with Crippen LogP contribution in [0.1, 0.15) is 30.6 Å². The maximum Gasteiger partial charge on any atom is 0.165 e. The second-order valence-electron chi connectivity index (χ2n) is 4.93. The van der Waals surface area contributed by atoms with Crippen molar-refractivity contribution >= 4 is 5.78 Å². The number of hydrogen-bond donors (Lipinski definition) is 1. The Hall–Kier alpha value is -1.23. The highest BCUT2D eigenvalue weighted by Gasteiger charge is 2.37. The van der Waals surface area contributed by atoms with E-state index in [-0.39, 0.29) is 12.2 Å². The van der Waals surface area contributed by atoms with Crippen molar-refractivity contribution < 1.29 is 19.4 Å². The third-order valence-corrected chi connectivity index (χ3v) is 2.95. The van der Waals surface area contributed by atoms with Crippen LogP contribution in [0.4, 0.5) is 0 Å². The molecule has 0 radical (unpaired) electrons. The molecular weight excluding hydrogens is 232 g/mol. The molecule has 1 N–H and O–H groups in total. The molecule has 0 aliphatic carbocycles. The van der Waals surface area contributed by atoms with Crippen molar-refractivity contribution in [3.63, 3.8) is 0 Å². The van der Waals surface area contributed by atoms with Crippen LogP contribution >= 0.6 is 0 Å². The molecule has 1 aliphatic heterocycles. The van der Waals surface area contributed by atoms with Crippen LogP contribution in [-0.4, -0.2) is 35.5 Å². The Morgan fingerprint density at radius 3 is 2.67 bits per heavy atom. The highest BCUT2D eigenvalue weighted by atomic mass is 16.7. The molecule has 0 amide bonds. The molecule has 2 rings (SSSR count). The minimum atomic E-state index is -0.834. The summed E-state index contributed by atoms with van der Waals surface area (Å²) < 4.78 is 10.9. The molecule has 18 heavy (non-hydrogen) atoms. The summed E-state index contributed by atoms with van der Waals surface area (Å²) in [6, 6.07) is 8.94. The van der Waals surface area contributed by atoms with E-state index in [1.165, 1.54) is 0 Å². The average Bonchev–Trinajstić information content (AvgIpc) is 2.71. The predicted octanol–water partition coefficient (Wildman–Crippen LogP) is 1.77. The van der Waals surface area contributed by atoms with Gasteiger partial charge in [0.05, 0.1) is 12.7 Å². The SMILES string of the molecule is CC1(C)OC[C@H]([C@@H](O)CC(=O)c2ccccc2)O1. The lowest BCUT2D eigenvalue weighted by atomic mass is 10.0. The van der Waals surface area contributed by atoms with Crippen LogP contribution in [0.5, 0.6) is 0 Å². The Balaban J connectivity index is 1.92. The van der Waals surface area contributed by atoms with Crippen molar-refractivity contribution in [3.05, 3.63) is 35.9 Å². The molecule has 0 bridgehead atoms.